The number of benzene rings is 1. The van der Waals surface area contributed by atoms with Gasteiger partial charge in [-0.1, -0.05) is 24.3 Å². The number of nitrogens with zero attached hydrogens (tertiary/aromatic N) is 1. The highest BCUT2D eigenvalue weighted by Crippen LogP contribution is 2.15. The number of carbonyl (C=O) groups excluding carboxylic acids is 2. The van der Waals surface area contributed by atoms with Gasteiger partial charge >= 0.3 is 0 Å². The van der Waals surface area contributed by atoms with E-state index < -0.39 is 21.8 Å². The van der Waals surface area contributed by atoms with E-state index in [4.69, 9.17) is 5.73 Å². The molecule has 0 unspecified atom stereocenters. The maximum Gasteiger partial charge on any atom is 0.241 e. The van der Waals surface area contributed by atoms with Crippen LogP contribution in [0.4, 0.5) is 0 Å². The first kappa shape index (κ1) is 14.6. The van der Waals surface area contributed by atoms with Crippen LogP contribution in [0, 0.1) is 0 Å². The summed E-state index contributed by atoms with van der Waals surface area (Å²) in [4.78, 5) is 22.5. The number of nitrogens with one attached hydrogen (secondary N) is 1. The SMILES string of the molecule is NCc1ccccc1CS(=O)(=O)N1CC(=O)NC(=O)C1. The molecular formula is C12H15N3O4S. The first-order chi connectivity index (χ1) is 9.42. The normalized spacial score (nSPS) is 17.1. The number of imide groups is 1. The van der Waals surface area contributed by atoms with Crippen LogP contribution < -0.4 is 11.1 Å². The zero-order valence-corrected chi connectivity index (χ0v) is 11.5. The van der Waals surface area contributed by atoms with Crippen LogP contribution in [-0.2, 0) is 31.9 Å². The summed E-state index contributed by atoms with van der Waals surface area (Å²) in [6, 6.07) is 6.92. The van der Waals surface area contributed by atoms with Crippen molar-refractivity contribution in [2.24, 2.45) is 5.73 Å². The van der Waals surface area contributed by atoms with E-state index in [1.807, 2.05) is 0 Å². The van der Waals surface area contributed by atoms with Crippen molar-refractivity contribution in [3.8, 4) is 0 Å². The number of hydrogen-bond acceptors (Lipinski definition) is 5. The van der Waals surface area contributed by atoms with Crippen molar-refractivity contribution in [3.05, 3.63) is 35.4 Å². The van der Waals surface area contributed by atoms with Gasteiger partial charge in [0.15, 0.2) is 0 Å². The maximum atomic E-state index is 12.3. The summed E-state index contributed by atoms with van der Waals surface area (Å²) >= 11 is 0. The molecule has 8 heteroatoms. The lowest BCUT2D eigenvalue weighted by Gasteiger charge is -2.25. The Labute approximate surface area is 116 Å². The Morgan fingerprint density at radius 3 is 2.20 bits per heavy atom. The predicted molar refractivity (Wildman–Crippen MR) is 71.7 cm³/mol. The number of piperazine rings is 1. The Morgan fingerprint density at radius 2 is 1.65 bits per heavy atom. The summed E-state index contributed by atoms with van der Waals surface area (Å²) in [7, 11) is -3.74. The molecule has 0 aromatic heterocycles. The molecule has 20 heavy (non-hydrogen) atoms. The van der Waals surface area contributed by atoms with Crippen molar-refractivity contribution in [2.45, 2.75) is 12.3 Å². The molecular weight excluding hydrogens is 282 g/mol. The van der Waals surface area contributed by atoms with E-state index in [0.29, 0.717) is 5.56 Å². The Bertz CT molecular complexity index is 626. The van der Waals surface area contributed by atoms with Crippen molar-refractivity contribution in [1.82, 2.24) is 9.62 Å². The summed E-state index contributed by atoms with van der Waals surface area (Å²) in [5.41, 5.74) is 6.87. The van der Waals surface area contributed by atoms with E-state index >= 15 is 0 Å². The number of amides is 2. The minimum absolute atomic E-state index is 0.227. The molecule has 1 aliphatic heterocycles. The lowest BCUT2D eigenvalue weighted by molar-refractivity contribution is -0.134. The standard InChI is InChI=1S/C12H15N3O4S/c13-5-9-3-1-2-4-10(9)8-20(18,19)15-6-11(16)14-12(17)7-15/h1-4H,5-8,13H2,(H,14,16,17). The minimum atomic E-state index is -3.74. The second kappa shape index (κ2) is 5.70. The monoisotopic (exact) mass is 297 g/mol. The van der Waals surface area contributed by atoms with Gasteiger partial charge in [-0.3, -0.25) is 14.9 Å². The molecule has 2 amide bonds. The molecule has 1 aliphatic rings. The van der Waals surface area contributed by atoms with Crippen LogP contribution in [0.15, 0.2) is 24.3 Å². The number of carbonyl (C=O) groups is 2. The van der Waals surface area contributed by atoms with E-state index in [2.05, 4.69) is 5.32 Å². The highest BCUT2D eigenvalue weighted by atomic mass is 32.2. The molecule has 0 spiro atoms. The molecule has 1 saturated heterocycles. The maximum absolute atomic E-state index is 12.3. The molecule has 0 atom stereocenters. The summed E-state index contributed by atoms with van der Waals surface area (Å²) < 4.78 is 25.4. The fourth-order valence-corrected chi connectivity index (χ4v) is 3.48. The van der Waals surface area contributed by atoms with E-state index in [-0.39, 0.29) is 25.4 Å². The van der Waals surface area contributed by atoms with Gasteiger partial charge in [0.1, 0.15) is 0 Å². The number of sulfonamides is 1. The van der Waals surface area contributed by atoms with Gasteiger partial charge in [-0.2, -0.15) is 4.31 Å². The van der Waals surface area contributed by atoms with Gasteiger partial charge in [-0.25, -0.2) is 8.42 Å². The van der Waals surface area contributed by atoms with Crippen LogP contribution in [-0.4, -0.2) is 37.6 Å². The van der Waals surface area contributed by atoms with Crippen molar-refractivity contribution in [1.29, 1.82) is 0 Å². The van der Waals surface area contributed by atoms with Gasteiger partial charge in [0.2, 0.25) is 21.8 Å². The summed E-state index contributed by atoms with van der Waals surface area (Å²) in [5.74, 6) is -1.50. The molecule has 3 N–H and O–H groups in total. The first-order valence-electron chi connectivity index (χ1n) is 6.00. The van der Waals surface area contributed by atoms with Gasteiger partial charge < -0.3 is 5.73 Å². The average molecular weight is 297 g/mol. The molecule has 1 aromatic rings. The quantitative estimate of drug-likeness (QED) is 0.688. The van der Waals surface area contributed by atoms with Gasteiger partial charge in [0, 0.05) is 6.54 Å². The molecule has 0 bridgehead atoms. The Hall–Kier alpha value is -1.77. The Morgan fingerprint density at radius 1 is 1.10 bits per heavy atom. The largest absolute Gasteiger partial charge is 0.326 e. The van der Waals surface area contributed by atoms with Crippen LogP contribution in [0.2, 0.25) is 0 Å². The highest BCUT2D eigenvalue weighted by molar-refractivity contribution is 7.88. The number of rotatable bonds is 4. The molecule has 0 radical (unpaired) electrons. The summed E-state index contributed by atoms with van der Waals surface area (Å²) in [6.07, 6.45) is 0. The third-order valence-corrected chi connectivity index (χ3v) is 4.71. The fraction of sp³-hybridized carbons (Fsp3) is 0.333. The van der Waals surface area contributed by atoms with E-state index in [1.54, 1.807) is 24.3 Å². The highest BCUT2D eigenvalue weighted by Gasteiger charge is 2.31. The van der Waals surface area contributed by atoms with Crippen LogP contribution in [0.25, 0.3) is 0 Å². The van der Waals surface area contributed by atoms with Gasteiger partial charge in [-0.05, 0) is 11.1 Å². The first-order valence-corrected chi connectivity index (χ1v) is 7.60. The van der Waals surface area contributed by atoms with E-state index in [0.717, 1.165) is 9.87 Å². The minimum Gasteiger partial charge on any atom is -0.326 e. The molecule has 108 valence electrons. The van der Waals surface area contributed by atoms with Crippen molar-refractivity contribution < 1.29 is 18.0 Å². The molecule has 1 fully saturated rings. The van der Waals surface area contributed by atoms with Crippen LogP contribution in [0.5, 0.6) is 0 Å². The predicted octanol–water partition coefficient (Wildman–Crippen LogP) is -1.07. The van der Waals surface area contributed by atoms with Crippen LogP contribution in [0.3, 0.4) is 0 Å². The van der Waals surface area contributed by atoms with Gasteiger partial charge in [0.25, 0.3) is 0 Å². The van der Waals surface area contributed by atoms with E-state index in [9.17, 15) is 18.0 Å². The topological polar surface area (TPSA) is 110 Å². The van der Waals surface area contributed by atoms with Crippen molar-refractivity contribution >= 4 is 21.8 Å². The third kappa shape index (κ3) is 3.21. The van der Waals surface area contributed by atoms with Crippen LogP contribution in [0.1, 0.15) is 11.1 Å². The Balaban J connectivity index is 2.22. The fourth-order valence-electron chi connectivity index (χ4n) is 1.99. The number of hydrogen-bond donors (Lipinski definition) is 2. The average Bonchev–Trinajstić information content (AvgIpc) is 2.38. The summed E-state index contributed by atoms with van der Waals surface area (Å²) in [5, 5.41) is 2.06. The van der Waals surface area contributed by atoms with Crippen LogP contribution >= 0.6 is 0 Å². The molecule has 7 nitrogen and oxygen atoms in total. The third-order valence-electron chi connectivity index (χ3n) is 2.99. The molecule has 0 aliphatic carbocycles. The second-order valence-corrected chi connectivity index (χ2v) is 6.44. The van der Waals surface area contributed by atoms with Gasteiger partial charge in [0.05, 0.1) is 18.8 Å². The smallest absolute Gasteiger partial charge is 0.241 e. The zero-order chi connectivity index (χ0) is 14.8. The lowest BCUT2D eigenvalue weighted by atomic mass is 10.1. The lowest BCUT2D eigenvalue weighted by Crippen LogP contribution is -2.53. The van der Waals surface area contributed by atoms with Crippen molar-refractivity contribution in [3.63, 3.8) is 0 Å². The van der Waals surface area contributed by atoms with Crippen molar-refractivity contribution in [2.75, 3.05) is 13.1 Å². The molecule has 0 saturated carbocycles. The van der Waals surface area contributed by atoms with Gasteiger partial charge in [-0.15, -0.1) is 0 Å². The summed E-state index contributed by atoms with van der Waals surface area (Å²) in [6.45, 7) is -0.442. The second-order valence-electron chi connectivity index (χ2n) is 4.47. The zero-order valence-electron chi connectivity index (χ0n) is 10.7. The van der Waals surface area contributed by atoms with E-state index in [1.165, 1.54) is 0 Å². The molecule has 1 aromatic carbocycles. The molecule has 1 heterocycles. The Kier molecular flexibility index (Phi) is 4.17. The number of nitrogens with two attached hydrogens (primary N) is 1. The molecule has 2 rings (SSSR count).